The first-order valence-electron chi connectivity index (χ1n) is 8.12. The smallest absolute Gasteiger partial charge is 0.264 e. The summed E-state index contributed by atoms with van der Waals surface area (Å²) < 4.78 is 30.8. The van der Waals surface area contributed by atoms with E-state index in [1.165, 1.54) is 11.1 Å². The summed E-state index contributed by atoms with van der Waals surface area (Å²) in [7, 11) is -3.15. The standard InChI is InChI=1S/C16H24N2O4S2/c1-11-6-14(23-12(11)2)15(19)18-9-16(10-18)5-4-13(8-22-16)7-17-24(3,20)21/h6,13,17H,4-5,7-10H2,1-3H3/t13-/m0/s1. The number of hydrogen-bond acceptors (Lipinski definition) is 5. The molecule has 0 bridgehead atoms. The number of aryl methyl sites for hydroxylation is 2. The molecular formula is C16H24N2O4S2. The lowest BCUT2D eigenvalue weighted by molar-refractivity contribution is -0.165. The summed E-state index contributed by atoms with van der Waals surface area (Å²) in [6, 6.07) is 1.96. The van der Waals surface area contributed by atoms with Crippen LogP contribution in [0.1, 0.15) is 33.0 Å². The van der Waals surface area contributed by atoms with Gasteiger partial charge in [0.2, 0.25) is 10.0 Å². The fraction of sp³-hybridized carbons (Fsp3) is 0.688. The Morgan fingerprint density at radius 2 is 2.17 bits per heavy atom. The first-order chi connectivity index (χ1) is 11.2. The summed E-state index contributed by atoms with van der Waals surface area (Å²) in [5.41, 5.74) is 0.937. The minimum absolute atomic E-state index is 0.0892. The number of likely N-dealkylation sites (tertiary alicyclic amines) is 1. The molecule has 1 atom stereocenters. The molecule has 3 rings (SSSR count). The predicted molar refractivity (Wildman–Crippen MR) is 94.0 cm³/mol. The quantitative estimate of drug-likeness (QED) is 0.870. The van der Waals surface area contributed by atoms with Crippen LogP contribution >= 0.6 is 11.3 Å². The van der Waals surface area contributed by atoms with Crippen molar-refractivity contribution in [3.8, 4) is 0 Å². The van der Waals surface area contributed by atoms with Crippen molar-refractivity contribution in [1.29, 1.82) is 0 Å². The number of carbonyl (C=O) groups is 1. The third-order valence-electron chi connectivity index (χ3n) is 4.89. The number of carbonyl (C=O) groups excluding carboxylic acids is 1. The second kappa shape index (κ2) is 6.40. The molecule has 0 saturated carbocycles. The number of hydrogen-bond donors (Lipinski definition) is 1. The minimum atomic E-state index is -3.15. The van der Waals surface area contributed by atoms with E-state index in [1.54, 1.807) is 11.3 Å². The van der Waals surface area contributed by atoms with E-state index in [1.807, 2.05) is 24.8 Å². The van der Waals surface area contributed by atoms with Gasteiger partial charge in [-0.3, -0.25) is 4.79 Å². The van der Waals surface area contributed by atoms with E-state index >= 15 is 0 Å². The fourth-order valence-corrected chi connectivity index (χ4v) is 4.76. The van der Waals surface area contributed by atoms with E-state index in [-0.39, 0.29) is 17.4 Å². The highest BCUT2D eigenvalue weighted by Gasteiger charge is 2.48. The summed E-state index contributed by atoms with van der Waals surface area (Å²) in [5.74, 6) is 0.295. The predicted octanol–water partition coefficient (Wildman–Crippen LogP) is 1.54. The lowest BCUT2D eigenvalue weighted by atomic mass is 9.83. The number of rotatable bonds is 4. The van der Waals surface area contributed by atoms with Crippen LogP contribution in [0.2, 0.25) is 0 Å². The topological polar surface area (TPSA) is 75.7 Å². The molecule has 2 aliphatic heterocycles. The summed E-state index contributed by atoms with van der Waals surface area (Å²) in [6.45, 7) is 6.29. The molecule has 1 aromatic rings. The van der Waals surface area contributed by atoms with Crippen LogP contribution in [0.15, 0.2) is 6.07 Å². The van der Waals surface area contributed by atoms with Crippen LogP contribution in [0.4, 0.5) is 0 Å². The fourth-order valence-electron chi connectivity index (χ4n) is 3.22. The van der Waals surface area contributed by atoms with E-state index in [2.05, 4.69) is 4.72 Å². The van der Waals surface area contributed by atoms with Gasteiger partial charge in [-0.2, -0.15) is 0 Å². The van der Waals surface area contributed by atoms with Crippen LogP contribution in [0.25, 0.3) is 0 Å². The van der Waals surface area contributed by atoms with Crippen molar-refractivity contribution in [3.63, 3.8) is 0 Å². The zero-order chi connectivity index (χ0) is 17.5. The van der Waals surface area contributed by atoms with E-state index in [0.717, 1.165) is 23.3 Å². The highest BCUT2D eigenvalue weighted by atomic mass is 32.2. The molecule has 0 aliphatic carbocycles. The first-order valence-corrected chi connectivity index (χ1v) is 10.8. The summed E-state index contributed by atoms with van der Waals surface area (Å²) in [5, 5.41) is 0. The van der Waals surface area contributed by atoms with Gasteiger partial charge in [-0.25, -0.2) is 13.1 Å². The highest BCUT2D eigenvalue weighted by molar-refractivity contribution is 7.88. The SMILES string of the molecule is Cc1cc(C(=O)N2CC3(CC[C@@H](CNS(C)(=O)=O)CO3)C2)sc1C. The van der Waals surface area contributed by atoms with Crippen molar-refractivity contribution < 1.29 is 17.9 Å². The molecule has 134 valence electrons. The maximum atomic E-state index is 12.5. The van der Waals surface area contributed by atoms with Crippen molar-refractivity contribution >= 4 is 27.3 Å². The Morgan fingerprint density at radius 3 is 2.67 bits per heavy atom. The highest BCUT2D eigenvalue weighted by Crippen LogP contribution is 2.37. The Kier molecular flexibility index (Phi) is 4.76. The second-order valence-corrected chi connectivity index (χ2v) is 10.1. The number of ether oxygens (including phenoxy) is 1. The molecule has 0 aromatic carbocycles. The van der Waals surface area contributed by atoms with Gasteiger partial charge < -0.3 is 9.64 Å². The molecule has 2 saturated heterocycles. The molecule has 6 nitrogen and oxygen atoms in total. The van der Waals surface area contributed by atoms with Crippen molar-refractivity contribution in [3.05, 3.63) is 21.4 Å². The van der Waals surface area contributed by atoms with Crippen molar-refractivity contribution in [2.75, 3.05) is 32.5 Å². The summed E-state index contributed by atoms with van der Waals surface area (Å²) in [6.07, 6.45) is 2.96. The van der Waals surface area contributed by atoms with E-state index < -0.39 is 10.0 Å². The lowest BCUT2D eigenvalue weighted by Crippen LogP contribution is -2.66. The Labute approximate surface area is 147 Å². The minimum Gasteiger partial charge on any atom is -0.371 e. The van der Waals surface area contributed by atoms with Gasteiger partial charge in [0.05, 0.1) is 30.8 Å². The number of nitrogens with one attached hydrogen (secondary N) is 1. The molecule has 0 unspecified atom stereocenters. The van der Waals surface area contributed by atoms with Crippen LogP contribution in [0.5, 0.6) is 0 Å². The Bertz CT molecular complexity index is 706. The summed E-state index contributed by atoms with van der Waals surface area (Å²) >= 11 is 1.55. The molecule has 2 aliphatic rings. The van der Waals surface area contributed by atoms with Crippen molar-refractivity contribution in [2.45, 2.75) is 32.3 Å². The normalized spacial score (nSPS) is 23.3. The Balaban J connectivity index is 1.49. The van der Waals surface area contributed by atoms with Gasteiger partial charge in [-0.05, 0) is 44.2 Å². The molecule has 24 heavy (non-hydrogen) atoms. The van der Waals surface area contributed by atoms with E-state index in [9.17, 15) is 13.2 Å². The van der Waals surface area contributed by atoms with Crippen LogP contribution in [0, 0.1) is 19.8 Å². The molecule has 3 heterocycles. The van der Waals surface area contributed by atoms with Crippen LogP contribution in [0.3, 0.4) is 0 Å². The third-order valence-corrected chi connectivity index (χ3v) is 6.72. The van der Waals surface area contributed by atoms with Crippen LogP contribution in [-0.2, 0) is 14.8 Å². The number of amides is 1. The zero-order valence-electron chi connectivity index (χ0n) is 14.3. The van der Waals surface area contributed by atoms with Gasteiger partial charge in [0.15, 0.2) is 0 Å². The zero-order valence-corrected chi connectivity index (χ0v) is 15.9. The molecule has 8 heteroatoms. The van der Waals surface area contributed by atoms with E-state index in [4.69, 9.17) is 4.74 Å². The monoisotopic (exact) mass is 372 g/mol. The average molecular weight is 373 g/mol. The van der Waals surface area contributed by atoms with Gasteiger partial charge in [0, 0.05) is 11.4 Å². The van der Waals surface area contributed by atoms with E-state index in [0.29, 0.717) is 26.2 Å². The second-order valence-electron chi connectivity index (χ2n) is 7.03. The van der Waals surface area contributed by atoms with Gasteiger partial charge >= 0.3 is 0 Å². The van der Waals surface area contributed by atoms with Gasteiger partial charge in [0.1, 0.15) is 5.60 Å². The Morgan fingerprint density at radius 1 is 1.46 bits per heavy atom. The molecular weight excluding hydrogens is 348 g/mol. The van der Waals surface area contributed by atoms with Crippen molar-refractivity contribution in [1.82, 2.24) is 9.62 Å². The van der Waals surface area contributed by atoms with Gasteiger partial charge in [-0.1, -0.05) is 0 Å². The number of nitrogens with zero attached hydrogens (tertiary/aromatic N) is 1. The van der Waals surface area contributed by atoms with Crippen LogP contribution in [-0.4, -0.2) is 57.3 Å². The van der Waals surface area contributed by atoms with Crippen molar-refractivity contribution in [2.24, 2.45) is 5.92 Å². The molecule has 0 radical (unpaired) electrons. The summed E-state index contributed by atoms with van der Waals surface area (Å²) in [4.78, 5) is 16.3. The maximum Gasteiger partial charge on any atom is 0.264 e. The molecule has 1 spiro atoms. The van der Waals surface area contributed by atoms with Crippen LogP contribution < -0.4 is 4.72 Å². The number of thiophene rings is 1. The van der Waals surface area contributed by atoms with Gasteiger partial charge in [0.25, 0.3) is 5.91 Å². The maximum absolute atomic E-state index is 12.5. The molecule has 1 N–H and O–H groups in total. The third kappa shape index (κ3) is 3.82. The lowest BCUT2D eigenvalue weighted by Gasteiger charge is -2.52. The van der Waals surface area contributed by atoms with Gasteiger partial charge in [-0.15, -0.1) is 11.3 Å². The Hall–Kier alpha value is -0.960. The molecule has 1 amide bonds. The first kappa shape index (κ1) is 17.8. The number of sulfonamides is 1. The average Bonchev–Trinajstić information content (AvgIpc) is 2.81. The largest absolute Gasteiger partial charge is 0.371 e. The molecule has 2 fully saturated rings. The molecule has 1 aromatic heterocycles.